The summed E-state index contributed by atoms with van der Waals surface area (Å²) in [6.45, 7) is 9.78. The van der Waals surface area contributed by atoms with Crippen molar-refractivity contribution in [3.8, 4) is 0 Å². The molecule has 1 saturated heterocycles. The molecule has 0 spiro atoms. The molecule has 0 radical (unpaired) electrons. The summed E-state index contributed by atoms with van der Waals surface area (Å²) >= 11 is 0. The van der Waals surface area contributed by atoms with Gasteiger partial charge in [0.2, 0.25) is 0 Å². The summed E-state index contributed by atoms with van der Waals surface area (Å²) in [5.74, 6) is 0. The highest BCUT2D eigenvalue weighted by molar-refractivity contribution is 4.71. The molecule has 1 fully saturated rings. The van der Waals surface area contributed by atoms with E-state index in [4.69, 9.17) is 4.74 Å². The fraction of sp³-hybridized carbons (Fsp3) is 1.00. The molecule has 1 rings (SSSR count). The van der Waals surface area contributed by atoms with E-state index in [9.17, 15) is 0 Å². The van der Waals surface area contributed by atoms with Gasteiger partial charge in [0.1, 0.15) is 0 Å². The molecule has 2 heteroatoms. The van der Waals surface area contributed by atoms with Crippen LogP contribution in [-0.2, 0) is 4.74 Å². The van der Waals surface area contributed by atoms with Crippen LogP contribution in [0, 0.1) is 5.41 Å². The monoisotopic (exact) mass is 171 g/mol. The van der Waals surface area contributed by atoms with E-state index in [1.54, 1.807) is 0 Å². The van der Waals surface area contributed by atoms with Crippen LogP contribution >= 0.6 is 0 Å². The SMILES string of the molecule is CC(C)(C)CCC1CNCCO1. The first kappa shape index (κ1) is 10.0. The highest BCUT2D eigenvalue weighted by Gasteiger charge is 2.17. The van der Waals surface area contributed by atoms with E-state index in [0.29, 0.717) is 11.5 Å². The highest BCUT2D eigenvalue weighted by Crippen LogP contribution is 2.22. The molecule has 0 amide bonds. The Balaban J connectivity index is 2.13. The fourth-order valence-corrected chi connectivity index (χ4v) is 1.40. The largest absolute Gasteiger partial charge is 0.376 e. The van der Waals surface area contributed by atoms with Gasteiger partial charge < -0.3 is 10.1 Å². The molecule has 0 aromatic rings. The molecule has 0 bridgehead atoms. The smallest absolute Gasteiger partial charge is 0.0700 e. The Morgan fingerprint density at radius 3 is 2.67 bits per heavy atom. The van der Waals surface area contributed by atoms with Crippen molar-refractivity contribution in [2.45, 2.75) is 39.7 Å². The van der Waals surface area contributed by atoms with E-state index in [2.05, 4.69) is 26.1 Å². The number of ether oxygens (including phenoxy) is 1. The second-order valence-corrected chi connectivity index (χ2v) is 4.80. The number of morpholine rings is 1. The molecule has 0 aliphatic carbocycles. The van der Waals surface area contributed by atoms with Crippen LogP contribution in [0.3, 0.4) is 0 Å². The average Bonchev–Trinajstić information content (AvgIpc) is 2.02. The summed E-state index contributed by atoms with van der Waals surface area (Å²) in [5.41, 5.74) is 0.445. The first-order valence-electron chi connectivity index (χ1n) is 4.90. The molecule has 1 heterocycles. The lowest BCUT2D eigenvalue weighted by atomic mass is 9.89. The Kier molecular flexibility index (Phi) is 3.53. The lowest BCUT2D eigenvalue weighted by Gasteiger charge is -2.26. The summed E-state index contributed by atoms with van der Waals surface area (Å²) in [6.07, 6.45) is 2.90. The summed E-state index contributed by atoms with van der Waals surface area (Å²) in [5, 5.41) is 3.35. The van der Waals surface area contributed by atoms with E-state index in [0.717, 1.165) is 19.7 Å². The van der Waals surface area contributed by atoms with Gasteiger partial charge in [-0.1, -0.05) is 20.8 Å². The molecule has 1 aliphatic rings. The quantitative estimate of drug-likeness (QED) is 0.684. The third kappa shape index (κ3) is 4.07. The summed E-state index contributed by atoms with van der Waals surface area (Å²) in [4.78, 5) is 0. The molecule has 1 atom stereocenters. The molecule has 1 aliphatic heterocycles. The number of nitrogens with one attached hydrogen (secondary N) is 1. The number of hydrogen-bond donors (Lipinski definition) is 1. The van der Waals surface area contributed by atoms with Crippen LogP contribution < -0.4 is 5.32 Å². The second-order valence-electron chi connectivity index (χ2n) is 4.80. The van der Waals surface area contributed by atoms with E-state index in [1.807, 2.05) is 0 Å². The zero-order valence-corrected chi connectivity index (χ0v) is 8.52. The Morgan fingerprint density at radius 2 is 2.17 bits per heavy atom. The zero-order chi connectivity index (χ0) is 9.03. The van der Waals surface area contributed by atoms with Crippen molar-refractivity contribution in [1.29, 1.82) is 0 Å². The molecule has 1 N–H and O–H groups in total. The molecule has 2 nitrogen and oxygen atoms in total. The van der Waals surface area contributed by atoms with Gasteiger partial charge in [0.25, 0.3) is 0 Å². The minimum atomic E-state index is 0.445. The van der Waals surface area contributed by atoms with Crippen molar-refractivity contribution >= 4 is 0 Å². The lowest BCUT2D eigenvalue weighted by Crippen LogP contribution is -2.38. The number of hydrogen-bond acceptors (Lipinski definition) is 2. The van der Waals surface area contributed by atoms with Gasteiger partial charge >= 0.3 is 0 Å². The third-order valence-corrected chi connectivity index (χ3v) is 2.22. The van der Waals surface area contributed by atoms with Gasteiger partial charge in [-0.05, 0) is 18.3 Å². The van der Waals surface area contributed by atoms with Gasteiger partial charge in [0.15, 0.2) is 0 Å². The molecule has 0 saturated carbocycles. The van der Waals surface area contributed by atoms with Gasteiger partial charge in [-0.15, -0.1) is 0 Å². The van der Waals surface area contributed by atoms with Crippen molar-refractivity contribution in [1.82, 2.24) is 5.32 Å². The first-order valence-corrected chi connectivity index (χ1v) is 4.90. The first-order chi connectivity index (χ1) is 5.58. The average molecular weight is 171 g/mol. The third-order valence-electron chi connectivity index (χ3n) is 2.22. The maximum atomic E-state index is 5.61. The summed E-state index contributed by atoms with van der Waals surface area (Å²) < 4.78 is 5.61. The van der Waals surface area contributed by atoms with Crippen molar-refractivity contribution in [2.75, 3.05) is 19.7 Å². The molecule has 12 heavy (non-hydrogen) atoms. The van der Waals surface area contributed by atoms with Crippen LogP contribution in [-0.4, -0.2) is 25.8 Å². The lowest BCUT2D eigenvalue weighted by molar-refractivity contribution is 0.0172. The highest BCUT2D eigenvalue weighted by atomic mass is 16.5. The van der Waals surface area contributed by atoms with Crippen LogP contribution in [0.4, 0.5) is 0 Å². The van der Waals surface area contributed by atoms with E-state index in [-0.39, 0.29) is 0 Å². The Morgan fingerprint density at radius 1 is 1.42 bits per heavy atom. The summed E-state index contributed by atoms with van der Waals surface area (Å²) in [7, 11) is 0. The normalized spacial score (nSPS) is 25.8. The van der Waals surface area contributed by atoms with Crippen molar-refractivity contribution in [2.24, 2.45) is 5.41 Å². The second kappa shape index (κ2) is 4.24. The zero-order valence-electron chi connectivity index (χ0n) is 8.52. The van der Waals surface area contributed by atoms with Crippen molar-refractivity contribution in [3.63, 3.8) is 0 Å². The predicted octanol–water partition coefficient (Wildman–Crippen LogP) is 1.80. The van der Waals surface area contributed by atoms with E-state index >= 15 is 0 Å². The molecule has 1 unspecified atom stereocenters. The molecular weight excluding hydrogens is 150 g/mol. The minimum absolute atomic E-state index is 0.445. The van der Waals surface area contributed by atoms with Crippen molar-refractivity contribution < 1.29 is 4.74 Å². The van der Waals surface area contributed by atoms with Gasteiger partial charge in [0, 0.05) is 13.1 Å². The van der Waals surface area contributed by atoms with Crippen molar-refractivity contribution in [3.05, 3.63) is 0 Å². The Labute approximate surface area is 75.7 Å². The fourth-order valence-electron chi connectivity index (χ4n) is 1.40. The standard InChI is InChI=1S/C10H21NO/c1-10(2,3)5-4-9-8-11-6-7-12-9/h9,11H,4-8H2,1-3H3. The Hall–Kier alpha value is -0.0800. The van der Waals surface area contributed by atoms with Crippen LogP contribution in [0.15, 0.2) is 0 Å². The van der Waals surface area contributed by atoms with Gasteiger partial charge in [-0.2, -0.15) is 0 Å². The maximum Gasteiger partial charge on any atom is 0.0700 e. The molecule has 72 valence electrons. The predicted molar refractivity (Wildman–Crippen MR) is 51.3 cm³/mol. The molecule has 0 aromatic heterocycles. The van der Waals surface area contributed by atoms with Crippen LogP contribution in [0.2, 0.25) is 0 Å². The van der Waals surface area contributed by atoms with E-state index < -0.39 is 0 Å². The molecular formula is C10H21NO. The van der Waals surface area contributed by atoms with E-state index in [1.165, 1.54) is 12.8 Å². The van der Waals surface area contributed by atoms with Crippen LogP contribution in [0.5, 0.6) is 0 Å². The van der Waals surface area contributed by atoms with Crippen LogP contribution in [0.1, 0.15) is 33.6 Å². The van der Waals surface area contributed by atoms with Gasteiger partial charge in [0.05, 0.1) is 12.7 Å². The van der Waals surface area contributed by atoms with Gasteiger partial charge in [-0.3, -0.25) is 0 Å². The van der Waals surface area contributed by atoms with Crippen LogP contribution in [0.25, 0.3) is 0 Å². The minimum Gasteiger partial charge on any atom is -0.376 e. The topological polar surface area (TPSA) is 21.3 Å². The van der Waals surface area contributed by atoms with Gasteiger partial charge in [-0.25, -0.2) is 0 Å². The Bertz CT molecular complexity index is 122. The number of rotatable bonds is 2. The molecule has 0 aromatic carbocycles. The maximum absolute atomic E-state index is 5.61. The summed E-state index contributed by atoms with van der Waals surface area (Å²) in [6, 6.07) is 0.